The van der Waals surface area contributed by atoms with Crippen LogP contribution in [0, 0.1) is 0 Å². The van der Waals surface area contributed by atoms with Gasteiger partial charge in [0.05, 0.1) is 6.61 Å². The van der Waals surface area contributed by atoms with Gasteiger partial charge in [-0.05, 0) is 74.7 Å². The van der Waals surface area contributed by atoms with E-state index in [0.29, 0.717) is 6.61 Å². The zero-order chi connectivity index (χ0) is 24.0. The molecule has 184 valence electrons. The van der Waals surface area contributed by atoms with Crippen molar-refractivity contribution in [2.75, 3.05) is 6.61 Å². The molecule has 0 spiro atoms. The summed E-state index contributed by atoms with van der Waals surface area (Å²) in [6.45, 7) is 7.71. The number of benzene rings is 2. The molecular weight excluding hydrogens is 495 g/mol. The van der Waals surface area contributed by atoms with Crippen LogP contribution < -0.4 is 0 Å². The maximum atomic E-state index is 14.4. The van der Waals surface area contributed by atoms with Gasteiger partial charge in [-0.3, -0.25) is 4.57 Å². The molecule has 5 atom stereocenters. The molecule has 3 heterocycles. The van der Waals surface area contributed by atoms with Crippen LogP contribution in [0.3, 0.4) is 0 Å². The van der Waals surface area contributed by atoms with E-state index in [9.17, 15) is 4.57 Å². The van der Waals surface area contributed by atoms with E-state index in [2.05, 4.69) is 0 Å². The van der Waals surface area contributed by atoms with E-state index in [-0.39, 0.29) is 0 Å². The van der Waals surface area contributed by atoms with E-state index >= 15 is 0 Å². The molecule has 0 N–H and O–H groups in total. The highest BCUT2D eigenvalue weighted by atomic mass is 33.1. The van der Waals surface area contributed by atoms with Crippen LogP contribution in [0.1, 0.15) is 27.7 Å². The number of hydrogen-bond donors (Lipinski definition) is 0. The first-order valence-corrected chi connectivity index (χ1v) is 15.7. The third kappa shape index (κ3) is 5.59. The predicted octanol–water partition coefficient (Wildman–Crippen LogP) is 6.09. The molecule has 3 aliphatic rings. The summed E-state index contributed by atoms with van der Waals surface area (Å²) in [5.74, 6) is -4.97. The summed E-state index contributed by atoms with van der Waals surface area (Å²) in [6, 6.07) is 19.2. The van der Waals surface area contributed by atoms with Crippen LogP contribution in [0.5, 0.6) is 0 Å². The highest BCUT2D eigenvalue weighted by Gasteiger charge is 2.60. The summed E-state index contributed by atoms with van der Waals surface area (Å²) < 4.78 is 51.2. The van der Waals surface area contributed by atoms with E-state index in [1.54, 1.807) is 0 Å². The molecule has 0 bridgehead atoms. The summed E-state index contributed by atoms with van der Waals surface area (Å²) in [6.07, 6.45) is -2.83. The Morgan fingerprint density at radius 2 is 1.41 bits per heavy atom. The molecule has 2 aromatic carbocycles. The summed E-state index contributed by atoms with van der Waals surface area (Å²) in [5.41, 5.74) is 0. The van der Waals surface area contributed by atoms with Gasteiger partial charge in [0.2, 0.25) is 0 Å². The number of rotatable bonds is 7. The molecule has 5 rings (SSSR count). The van der Waals surface area contributed by atoms with Gasteiger partial charge >= 0.3 is 5.77 Å². The normalized spacial score (nSPS) is 32.1. The van der Waals surface area contributed by atoms with Gasteiger partial charge < -0.3 is 28.2 Å². The highest BCUT2D eigenvalue weighted by molar-refractivity contribution is 8.89. The van der Waals surface area contributed by atoms with Crippen LogP contribution in [-0.4, -0.2) is 48.9 Å². The zero-order valence-electron chi connectivity index (χ0n) is 19.5. The monoisotopic (exact) mass is 524 g/mol. The molecule has 0 saturated carbocycles. The van der Waals surface area contributed by atoms with Crippen molar-refractivity contribution in [2.24, 2.45) is 0 Å². The Labute approximate surface area is 208 Å². The van der Waals surface area contributed by atoms with E-state index in [4.69, 9.17) is 28.2 Å². The second-order valence-electron chi connectivity index (χ2n) is 9.26. The molecule has 3 fully saturated rings. The van der Waals surface area contributed by atoms with Crippen molar-refractivity contribution in [3.8, 4) is 0 Å². The first-order chi connectivity index (χ1) is 16.1. The lowest BCUT2D eigenvalue weighted by Gasteiger charge is -2.31. The lowest BCUT2D eigenvalue weighted by Crippen LogP contribution is -2.43. The van der Waals surface area contributed by atoms with Crippen LogP contribution in [0.25, 0.3) is 0 Å². The van der Waals surface area contributed by atoms with Gasteiger partial charge in [0, 0.05) is 9.79 Å². The molecule has 0 aliphatic carbocycles. The minimum Gasteiger partial charge on any atom is -0.348 e. The molecule has 0 unspecified atom stereocenters. The molecule has 2 aromatic rings. The smallest absolute Gasteiger partial charge is 0.322 e. The zero-order valence-corrected chi connectivity index (χ0v) is 22.0. The molecule has 34 heavy (non-hydrogen) atoms. The van der Waals surface area contributed by atoms with Crippen LogP contribution in [-0.2, 0) is 32.8 Å². The third-order valence-corrected chi connectivity index (χ3v) is 12.0. The Morgan fingerprint density at radius 3 is 1.94 bits per heavy atom. The van der Waals surface area contributed by atoms with Gasteiger partial charge in [-0.25, -0.2) is 0 Å². The van der Waals surface area contributed by atoms with Crippen molar-refractivity contribution in [3.63, 3.8) is 0 Å². The van der Waals surface area contributed by atoms with Gasteiger partial charge in [0.15, 0.2) is 17.9 Å². The fourth-order valence-electron chi connectivity index (χ4n) is 4.23. The van der Waals surface area contributed by atoms with Gasteiger partial charge in [-0.1, -0.05) is 36.4 Å². The highest BCUT2D eigenvalue weighted by Crippen LogP contribution is 2.75. The standard InChI is InChI=1S/C24H29O7PS2/c1-23(2)26-15-18(28-23)19-20(21-22(27-19)30-24(3,4)29-21)31-32(25,33-16-11-7-5-8-12-16)34-17-13-9-6-10-14-17/h5-14,18-22H,15H2,1-4H3/t18-,19-,20+,21-,22-/m1/s1. The lowest BCUT2D eigenvalue weighted by molar-refractivity contribution is -0.230. The average Bonchev–Trinajstić information content (AvgIpc) is 3.39. The Morgan fingerprint density at radius 1 is 0.824 bits per heavy atom. The van der Waals surface area contributed by atoms with Crippen LogP contribution in [0.4, 0.5) is 0 Å². The molecule has 3 aliphatic heterocycles. The molecule has 0 radical (unpaired) electrons. The van der Waals surface area contributed by atoms with E-state index < -0.39 is 48.1 Å². The maximum absolute atomic E-state index is 14.4. The van der Waals surface area contributed by atoms with Crippen molar-refractivity contribution in [3.05, 3.63) is 60.7 Å². The first kappa shape index (κ1) is 24.8. The lowest BCUT2D eigenvalue weighted by atomic mass is 10.1. The topological polar surface area (TPSA) is 72.5 Å². The van der Waals surface area contributed by atoms with Crippen molar-refractivity contribution >= 4 is 28.5 Å². The summed E-state index contributed by atoms with van der Waals surface area (Å²) >= 11 is 2.45. The Kier molecular flexibility index (Phi) is 6.96. The third-order valence-electron chi connectivity index (χ3n) is 5.60. The average molecular weight is 525 g/mol. The first-order valence-electron chi connectivity index (χ1n) is 11.2. The minimum atomic E-state index is -3.39. The van der Waals surface area contributed by atoms with E-state index in [0.717, 1.165) is 9.79 Å². The van der Waals surface area contributed by atoms with E-state index in [1.807, 2.05) is 88.4 Å². The van der Waals surface area contributed by atoms with Crippen molar-refractivity contribution in [1.29, 1.82) is 0 Å². The Hall–Kier alpha value is -0.870. The second kappa shape index (κ2) is 9.54. The van der Waals surface area contributed by atoms with Crippen molar-refractivity contribution in [1.82, 2.24) is 0 Å². The fraction of sp³-hybridized carbons (Fsp3) is 0.500. The second-order valence-corrected chi connectivity index (χ2v) is 16.3. The molecule has 10 heteroatoms. The molecule has 0 amide bonds. The van der Waals surface area contributed by atoms with Gasteiger partial charge in [0.25, 0.3) is 0 Å². The summed E-state index contributed by atoms with van der Waals surface area (Å²) in [5, 5.41) is 0. The van der Waals surface area contributed by atoms with Gasteiger partial charge in [0.1, 0.15) is 24.4 Å². The van der Waals surface area contributed by atoms with Gasteiger partial charge in [-0.2, -0.15) is 0 Å². The SMILES string of the molecule is CC1(C)O[C@H]2O[C@H]([C@H]3COC(C)(C)O3)[C@H](OP(=O)(Sc3ccccc3)Sc3ccccc3)[C@H]2O1. The van der Waals surface area contributed by atoms with Crippen LogP contribution >= 0.6 is 28.5 Å². The summed E-state index contributed by atoms with van der Waals surface area (Å²) in [7, 11) is 0. The molecule has 3 saturated heterocycles. The van der Waals surface area contributed by atoms with Crippen LogP contribution in [0.2, 0.25) is 0 Å². The van der Waals surface area contributed by atoms with E-state index in [1.165, 1.54) is 22.8 Å². The summed E-state index contributed by atoms with van der Waals surface area (Å²) in [4.78, 5) is 1.71. The fourth-order valence-corrected chi connectivity index (χ4v) is 11.1. The number of hydrogen-bond acceptors (Lipinski definition) is 9. The Bertz CT molecular complexity index is 991. The minimum absolute atomic E-state index is 0.336. The number of ether oxygens (including phenoxy) is 5. The Balaban J connectivity index is 1.45. The molecule has 0 aromatic heterocycles. The van der Waals surface area contributed by atoms with Crippen molar-refractivity contribution < 1.29 is 32.8 Å². The predicted molar refractivity (Wildman–Crippen MR) is 131 cm³/mol. The van der Waals surface area contributed by atoms with Gasteiger partial charge in [-0.15, -0.1) is 0 Å². The number of fused-ring (bicyclic) bond motifs is 1. The van der Waals surface area contributed by atoms with Crippen LogP contribution in [0.15, 0.2) is 70.5 Å². The largest absolute Gasteiger partial charge is 0.348 e. The maximum Gasteiger partial charge on any atom is 0.322 e. The van der Waals surface area contributed by atoms with Crippen molar-refractivity contribution in [2.45, 2.75) is 79.8 Å². The molecular formula is C24H29O7PS2. The molecule has 7 nitrogen and oxygen atoms in total. The quantitative estimate of drug-likeness (QED) is 0.400.